The molecule has 3 heterocycles. The fourth-order valence-corrected chi connectivity index (χ4v) is 4.37. The predicted octanol–water partition coefficient (Wildman–Crippen LogP) is 5.21. The Morgan fingerprint density at radius 1 is 1.05 bits per heavy atom. The molecule has 1 aromatic carbocycles. The van der Waals surface area contributed by atoms with Gasteiger partial charge in [0.1, 0.15) is 11.8 Å². The topological polar surface area (TPSA) is 87.6 Å². The molecule has 192 valence electrons. The zero-order chi connectivity index (χ0) is 27.2. The van der Waals surface area contributed by atoms with E-state index in [4.69, 9.17) is 0 Å². The van der Waals surface area contributed by atoms with Gasteiger partial charge in [-0.15, -0.1) is 0 Å². The third kappa shape index (κ3) is 4.74. The highest BCUT2D eigenvalue weighted by Crippen LogP contribution is 2.40. The molecule has 0 saturated carbocycles. The Morgan fingerprint density at radius 3 is 2.32 bits per heavy atom. The number of fused-ring (bicyclic) bond motifs is 1. The second kappa shape index (κ2) is 9.15. The van der Waals surface area contributed by atoms with Crippen LogP contribution in [0.15, 0.2) is 49.1 Å². The number of hydrogen-bond donors (Lipinski definition) is 1. The van der Waals surface area contributed by atoms with Crippen LogP contribution in [0.3, 0.4) is 0 Å². The smallest absolute Gasteiger partial charge is 0.374 e. The van der Waals surface area contributed by atoms with E-state index < -0.39 is 30.1 Å². The maximum atomic E-state index is 13.4. The number of nitrogens with zero attached hydrogens (tertiary/aromatic N) is 5. The van der Waals surface area contributed by atoms with Crippen LogP contribution in [0.5, 0.6) is 0 Å². The third-order valence-electron chi connectivity index (χ3n) is 6.07. The van der Waals surface area contributed by atoms with Crippen LogP contribution in [0.2, 0.25) is 0 Å². The summed E-state index contributed by atoms with van der Waals surface area (Å²) >= 11 is 0. The zero-order valence-corrected chi connectivity index (χ0v) is 19.5. The van der Waals surface area contributed by atoms with Gasteiger partial charge in [0.25, 0.3) is 0 Å². The third-order valence-corrected chi connectivity index (χ3v) is 6.07. The number of pyridine rings is 2. The summed E-state index contributed by atoms with van der Waals surface area (Å²) in [7, 11) is 1.53. The number of imidazole rings is 1. The van der Waals surface area contributed by atoms with Gasteiger partial charge in [-0.25, -0.2) is 4.98 Å². The van der Waals surface area contributed by atoms with E-state index in [-0.39, 0.29) is 51.0 Å². The maximum Gasteiger partial charge on any atom is 0.433 e. The number of hydrogen-bond acceptors (Lipinski definition) is 5. The van der Waals surface area contributed by atoms with Gasteiger partial charge in [-0.1, -0.05) is 13.0 Å². The number of benzene rings is 1. The first-order chi connectivity index (χ1) is 17.3. The van der Waals surface area contributed by atoms with Crippen molar-refractivity contribution in [1.29, 1.82) is 5.26 Å². The predicted molar refractivity (Wildman–Crippen MR) is 120 cm³/mol. The Morgan fingerprint density at radius 2 is 1.76 bits per heavy atom. The van der Waals surface area contributed by atoms with E-state index in [1.807, 2.05) is 6.07 Å². The molecule has 0 unspecified atom stereocenters. The van der Waals surface area contributed by atoms with Gasteiger partial charge in [0.2, 0.25) is 0 Å². The lowest BCUT2D eigenvalue weighted by Crippen LogP contribution is -2.32. The molecule has 1 N–H and O–H groups in total. The van der Waals surface area contributed by atoms with Gasteiger partial charge in [0.05, 0.1) is 35.7 Å². The number of rotatable bonds is 5. The molecule has 1 atom stereocenters. The van der Waals surface area contributed by atoms with E-state index >= 15 is 0 Å². The summed E-state index contributed by atoms with van der Waals surface area (Å²) in [6, 6.07) is 7.81. The van der Waals surface area contributed by atoms with Crippen LogP contribution >= 0.6 is 0 Å². The van der Waals surface area contributed by atoms with Gasteiger partial charge in [0.15, 0.2) is 5.60 Å². The van der Waals surface area contributed by atoms with Crippen LogP contribution in [0.4, 0.5) is 26.3 Å². The molecule has 0 bridgehead atoms. The molecule has 0 spiro atoms. The monoisotopic (exact) mass is 519 g/mol. The number of alkyl halides is 6. The van der Waals surface area contributed by atoms with Crippen molar-refractivity contribution >= 4 is 10.9 Å². The van der Waals surface area contributed by atoms with Gasteiger partial charge < -0.3 is 9.67 Å². The minimum absolute atomic E-state index is 0.00318. The minimum Gasteiger partial charge on any atom is -0.374 e. The number of aromatic nitrogens is 4. The fourth-order valence-electron chi connectivity index (χ4n) is 4.37. The second-order valence-corrected chi connectivity index (χ2v) is 8.43. The lowest BCUT2D eigenvalue weighted by molar-refractivity contribution is -0.141. The van der Waals surface area contributed by atoms with Crippen LogP contribution < -0.4 is 0 Å². The first-order valence-corrected chi connectivity index (χ1v) is 10.9. The van der Waals surface area contributed by atoms with E-state index in [1.165, 1.54) is 48.4 Å². The van der Waals surface area contributed by atoms with Crippen molar-refractivity contribution in [1.82, 2.24) is 19.5 Å². The Kier molecular flexibility index (Phi) is 6.45. The van der Waals surface area contributed by atoms with Gasteiger partial charge >= 0.3 is 12.4 Å². The lowest BCUT2D eigenvalue weighted by Gasteiger charge is -2.30. The standard InChI is InChI=1S/C25H19F6N5O/c1-3-19-17(10-23(26,27)28)18(11-32)16-8-14(4-5-20(16)35-19)24(37,22-12-33-13-36(22)2)15-6-7-34-21(9-15)25(29,30)31/h4-9,12-13,37H,3,10H2,1-2H3/t24-/m1/s1. The van der Waals surface area contributed by atoms with E-state index in [1.54, 1.807) is 6.92 Å². The molecule has 0 aliphatic heterocycles. The van der Waals surface area contributed by atoms with Gasteiger partial charge in [-0.05, 0) is 41.8 Å². The van der Waals surface area contributed by atoms with Crippen LogP contribution in [0.25, 0.3) is 10.9 Å². The second-order valence-electron chi connectivity index (χ2n) is 8.43. The number of halogens is 6. The fraction of sp³-hybridized carbons (Fsp3) is 0.280. The van der Waals surface area contributed by atoms with Crippen molar-refractivity contribution in [2.24, 2.45) is 7.05 Å². The Bertz CT molecular complexity index is 1520. The average Bonchev–Trinajstić information content (AvgIpc) is 3.27. The molecule has 0 amide bonds. The number of nitriles is 1. The molecule has 6 nitrogen and oxygen atoms in total. The molecule has 0 radical (unpaired) electrons. The van der Waals surface area contributed by atoms with Crippen molar-refractivity contribution in [3.63, 3.8) is 0 Å². The Hall–Kier alpha value is -3.98. The quantitative estimate of drug-likeness (QED) is 0.366. The van der Waals surface area contributed by atoms with Crippen LogP contribution in [0.1, 0.15) is 46.3 Å². The molecular weight excluding hydrogens is 500 g/mol. The summed E-state index contributed by atoms with van der Waals surface area (Å²) in [5.74, 6) is 0. The summed E-state index contributed by atoms with van der Waals surface area (Å²) < 4.78 is 81.8. The van der Waals surface area contributed by atoms with Crippen molar-refractivity contribution in [3.8, 4) is 6.07 Å². The van der Waals surface area contributed by atoms with E-state index in [0.29, 0.717) is 6.07 Å². The van der Waals surface area contributed by atoms with Gasteiger partial charge in [-0.3, -0.25) is 9.97 Å². The summed E-state index contributed by atoms with van der Waals surface area (Å²) in [6.07, 6.45) is -7.14. The van der Waals surface area contributed by atoms with Crippen LogP contribution in [-0.4, -0.2) is 30.8 Å². The molecule has 3 aromatic heterocycles. The van der Waals surface area contributed by atoms with Gasteiger partial charge in [0, 0.05) is 29.9 Å². The van der Waals surface area contributed by atoms with Crippen LogP contribution in [-0.2, 0) is 31.7 Å². The first-order valence-electron chi connectivity index (χ1n) is 10.9. The SMILES string of the molecule is CCc1nc2ccc([C@@](O)(c3ccnc(C(F)(F)F)c3)c3cncn3C)cc2c(C#N)c1CC(F)(F)F. The summed E-state index contributed by atoms with van der Waals surface area (Å²) in [4.78, 5) is 11.6. The highest BCUT2D eigenvalue weighted by atomic mass is 19.4. The molecule has 4 rings (SSSR count). The number of aliphatic hydroxyl groups is 1. The summed E-state index contributed by atoms with van der Waals surface area (Å²) in [5, 5.41) is 21.9. The molecular formula is C25H19F6N5O. The zero-order valence-electron chi connectivity index (χ0n) is 19.5. The molecule has 4 aromatic rings. The largest absolute Gasteiger partial charge is 0.433 e. The molecule has 0 aliphatic rings. The molecule has 37 heavy (non-hydrogen) atoms. The highest BCUT2D eigenvalue weighted by Gasteiger charge is 2.40. The lowest BCUT2D eigenvalue weighted by atomic mass is 9.82. The molecule has 0 aliphatic carbocycles. The average molecular weight is 519 g/mol. The first kappa shape index (κ1) is 26.1. The van der Waals surface area contributed by atoms with Crippen molar-refractivity contribution in [2.45, 2.75) is 37.7 Å². The number of aryl methyl sites for hydroxylation is 2. The molecule has 12 heteroatoms. The van der Waals surface area contributed by atoms with E-state index in [9.17, 15) is 36.7 Å². The highest BCUT2D eigenvalue weighted by molar-refractivity contribution is 5.87. The molecule has 0 saturated heterocycles. The van der Waals surface area contributed by atoms with Gasteiger partial charge in [-0.2, -0.15) is 31.6 Å². The van der Waals surface area contributed by atoms with E-state index in [0.717, 1.165) is 6.20 Å². The minimum atomic E-state index is -4.80. The maximum absolute atomic E-state index is 13.4. The normalized spacial score (nSPS) is 13.9. The van der Waals surface area contributed by atoms with Crippen molar-refractivity contribution in [3.05, 3.63) is 88.4 Å². The Balaban J connectivity index is 2.04. The summed E-state index contributed by atoms with van der Waals surface area (Å²) in [5.41, 5.74) is -3.82. The van der Waals surface area contributed by atoms with E-state index in [2.05, 4.69) is 15.0 Å². The Labute approximate surface area is 206 Å². The van der Waals surface area contributed by atoms with Crippen LogP contribution in [0, 0.1) is 11.3 Å². The summed E-state index contributed by atoms with van der Waals surface area (Å²) in [6.45, 7) is 1.62. The van der Waals surface area contributed by atoms with Crippen molar-refractivity contribution < 1.29 is 31.4 Å². The molecule has 0 fully saturated rings. The van der Waals surface area contributed by atoms with Crippen molar-refractivity contribution in [2.75, 3.05) is 0 Å².